The lowest BCUT2D eigenvalue weighted by Gasteiger charge is -2.10. The SMILES string of the molecule is COc1ccc(NC(=O)/C=C/c2ccc(-c3ccccc3)o2)c(OC)c1. The number of ether oxygens (including phenoxy) is 2. The Kier molecular flexibility index (Phi) is 5.39. The monoisotopic (exact) mass is 349 g/mol. The van der Waals surface area contributed by atoms with Crippen molar-refractivity contribution in [3.63, 3.8) is 0 Å². The van der Waals surface area contributed by atoms with Crippen LogP contribution < -0.4 is 14.8 Å². The van der Waals surface area contributed by atoms with Crippen molar-refractivity contribution in [3.8, 4) is 22.8 Å². The van der Waals surface area contributed by atoms with Crippen LogP contribution in [0.3, 0.4) is 0 Å². The first-order valence-electron chi connectivity index (χ1n) is 8.06. The van der Waals surface area contributed by atoms with E-state index in [0.717, 1.165) is 11.3 Å². The van der Waals surface area contributed by atoms with Gasteiger partial charge in [-0.3, -0.25) is 4.79 Å². The number of hydrogen-bond acceptors (Lipinski definition) is 4. The Morgan fingerprint density at radius 3 is 2.54 bits per heavy atom. The normalized spacial score (nSPS) is 10.7. The summed E-state index contributed by atoms with van der Waals surface area (Å²) in [6, 6.07) is 18.7. The van der Waals surface area contributed by atoms with Gasteiger partial charge in [-0.05, 0) is 30.3 Å². The van der Waals surface area contributed by atoms with Gasteiger partial charge in [-0.2, -0.15) is 0 Å². The number of nitrogens with one attached hydrogen (secondary N) is 1. The Labute approximate surface area is 151 Å². The second kappa shape index (κ2) is 8.07. The zero-order valence-corrected chi connectivity index (χ0v) is 14.6. The molecule has 0 unspecified atom stereocenters. The Morgan fingerprint density at radius 1 is 1.00 bits per heavy atom. The highest BCUT2D eigenvalue weighted by molar-refractivity contribution is 6.02. The van der Waals surface area contributed by atoms with Gasteiger partial charge in [0.1, 0.15) is 23.0 Å². The van der Waals surface area contributed by atoms with Crippen LogP contribution in [0.4, 0.5) is 5.69 Å². The number of carbonyl (C=O) groups is 1. The van der Waals surface area contributed by atoms with Gasteiger partial charge < -0.3 is 19.2 Å². The van der Waals surface area contributed by atoms with E-state index in [9.17, 15) is 4.79 Å². The lowest BCUT2D eigenvalue weighted by Crippen LogP contribution is -2.08. The molecule has 0 radical (unpaired) electrons. The summed E-state index contributed by atoms with van der Waals surface area (Å²) in [5.41, 5.74) is 1.55. The van der Waals surface area contributed by atoms with Gasteiger partial charge in [0.2, 0.25) is 5.91 Å². The van der Waals surface area contributed by atoms with Crippen molar-refractivity contribution in [2.45, 2.75) is 0 Å². The second-order valence-electron chi connectivity index (χ2n) is 5.46. The summed E-state index contributed by atoms with van der Waals surface area (Å²) in [6.45, 7) is 0. The highest BCUT2D eigenvalue weighted by Crippen LogP contribution is 2.29. The molecular formula is C21H19NO4. The van der Waals surface area contributed by atoms with Crippen molar-refractivity contribution in [3.05, 3.63) is 72.5 Å². The lowest BCUT2D eigenvalue weighted by atomic mass is 10.2. The summed E-state index contributed by atoms with van der Waals surface area (Å²) in [7, 11) is 3.11. The van der Waals surface area contributed by atoms with Crippen molar-refractivity contribution in [2.24, 2.45) is 0 Å². The maximum atomic E-state index is 12.2. The Bertz CT molecular complexity index is 913. The van der Waals surface area contributed by atoms with Crippen molar-refractivity contribution in [1.29, 1.82) is 0 Å². The number of benzene rings is 2. The molecule has 5 heteroatoms. The Balaban J connectivity index is 1.68. The largest absolute Gasteiger partial charge is 0.497 e. The van der Waals surface area contributed by atoms with Gasteiger partial charge in [0, 0.05) is 17.7 Å². The number of anilines is 1. The zero-order valence-electron chi connectivity index (χ0n) is 14.6. The molecule has 1 N–H and O–H groups in total. The molecule has 0 fully saturated rings. The zero-order chi connectivity index (χ0) is 18.4. The molecule has 1 heterocycles. The van der Waals surface area contributed by atoms with E-state index in [1.165, 1.54) is 13.2 Å². The molecule has 1 aromatic heterocycles. The van der Waals surface area contributed by atoms with Gasteiger partial charge in [0.25, 0.3) is 0 Å². The standard InChI is InChI=1S/C21H19NO4/c1-24-17-8-11-18(20(14-17)25-2)22-21(23)13-10-16-9-12-19(26-16)15-6-4-3-5-7-15/h3-14H,1-2H3,(H,22,23)/b13-10+. The van der Waals surface area contributed by atoms with E-state index in [2.05, 4.69) is 5.32 Å². The third-order valence-electron chi connectivity index (χ3n) is 3.75. The molecule has 0 aliphatic heterocycles. The number of hydrogen-bond donors (Lipinski definition) is 1. The van der Waals surface area contributed by atoms with E-state index in [-0.39, 0.29) is 5.91 Å². The summed E-state index contributed by atoms with van der Waals surface area (Å²) < 4.78 is 16.1. The molecule has 2 aromatic carbocycles. The predicted molar refractivity (Wildman–Crippen MR) is 101 cm³/mol. The first-order chi connectivity index (χ1) is 12.7. The average Bonchev–Trinajstić information content (AvgIpc) is 3.16. The van der Waals surface area contributed by atoms with E-state index >= 15 is 0 Å². The topological polar surface area (TPSA) is 60.7 Å². The third-order valence-corrected chi connectivity index (χ3v) is 3.75. The maximum Gasteiger partial charge on any atom is 0.248 e. The summed E-state index contributed by atoms with van der Waals surface area (Å²) in [5, 5.41) is 2.77. The van der Waals surface area contributed by atoms with Crippen molar-refractivity contribution in [2.75, 3.05) is 19.5 Å². The molecule has 1 amide bonds. The minimum atomic E-state index is -0.286. The molecule has 0 saturated heterocycles. The summed E-state index contributed by atoms with van der Waals surface area (Å²) >= 11 is 0. The summed E-state index contributed by atoms with van der Waals surface area (Å²) in [4.78, 5) is 12.2. The fourth-order valence-electron chi connectivity index (χ4n) is 2.43. The number of amides is 1. The van der Waals surface area contributed by atoms with Crippen LogP contribution in [-0.4, -0.2) is 20.1 Å². The number of rotatable bonds is 6. The van der Waals surface area contributed by atoms with Crippen LogP contribution in [-0.2, 0) is 4.79 Å². The molecule has 0 aliphatic carbocycles. The molecule has 5 nitrogen and oxygen atoms in total. The highest BCUT2D eigenvalue weighted by atomic mass is 16.5. The van der Waals surface area contributed by atoms with E-state index in [1.807, 2.05) is 42.5 Å². The summed E-state index contributed by atoms with van der Waals surface area (Å²) in [5.74, 6) is 2.24. The molecule has 0 bridgehead atoms. The molecule has 0 aliphatic rings. The van der Waals surface area contributed by atoms with E-state index in [0.29, 0.717) is 22.9 Å². The van der Waals surface area contributed by atoms with Crippen molar-refractivity contribution >= 4 is 17.7 Å². The maximum absolute atomic E-state index is 12.2. The van der Waals surface area contributed by atoms with Crippen LogP contribution in [0.25, 0.3) is 17.4 Å². The number of furan rings is 1. The van der Waals surface area contributed by atoms with E-state index in [4.69, 9.17) is 13.9 Å². The van der Waals surface area contributed by atoms with Crippen molar-refractivity contribution < 1.29 is 18.7 Å². The average molecular weight is 349 g/mol. The second-order valence-corrected chi connectivity index (χ2v) is 5.46. The fraction of sp³-hybridized carbons (Fsp3) is 0.0952. The molecule has 3 rings (SSSR count). The molecule has 132 valence electrons. The van der Waals surface area contributed by atoms with Crippen LogP contribution in [0.5, 0.6) is 11.5 Å². The third kappa shape index (κ3) is 4.13. The van der Waals surface area contributed by atoms with Crippen molar-refractivity contribution in [1.82, 2.24) is 0 Å². The molecule has 0 spiro atoms. The van der Waals surface area contributed by atoms with Gasteiger partial charge in [-0.15, -0.1) is 0 Å². The summed E-state index contributed by atoms with van der Waals surface area (Å²) in [6.07, 6.45) is 3.04. The quantitative estimate of drug-likeness (QED) is 0.660. The van der Waals surface area contributed by atoms with E-state index < -0.39 is 0 Å². The van der Waals surface area contributed by atoms with Gasteiger partial charge in [-0.25, -0.2) is 0 Å². The van der Waals surface area contributed by atoms with Gasteiger partial charge in [0.05, 0.1) is 19.9 Å². The highest BCUT2D eigenvalue weighted by Gasteiger charge is 2.07. The van der Waals surface area contributed by atoms with Gasteiger partial charge in [0.15, 0.2) is 0 Å². The van der Waals surface area contributed by atoms with Crippen LogP contribution in [0, 0.1) is 0 Å². The first kappa shape index (κ1) is 17.4. The minimum Gasteiger partial charge on any atom is -0.497 e. The van der Waals surface area contributed by atoms with Crippen LogP contribution in [0.2, 0.25) is 0 Å². The predicted octanol–water partition coefficient (Wildman–Crippen LogP) is 4.62. The first-order valence-corrected chi connectivity index (χ1v) is 8.06. The Morgan fingerprint density at radius 2 is 1.81 bits per heavy atom. The molecule has 0 atom stereocenters. The van der Waals surface area contributed by atoms with Crippen LogP contribution in [0.15, 0.2) is 71.2 Å². The fourth-order valence-corrected chi connectivity index (χ4v) is 2.43. The number of carbonyl (C=O) groups excluding carboxylic acids is 1. The van der Waals surface area contributed by atoms with Gasteiger partial charge >= 0.3 is 0 Å². The molecular weight excluding hydrogens is 330 g/mol. The smallest absolute Gasteiger partial charge is 0.248 e. The molecule has 0 saturated carbocycles. The van der Waals surface area contributed by atoms with Crippen LogP contribution in [0.1, 0.15) is 5.76 Å². The van der Waals surface area contributed by atoms with E-state index in [1.54, 1.807) is 31.4 Å². The number of methoxy groups -OCH3 is 2. The molecule has 3 aromatic rings. The minimum absolute atomic E-state index is 0.286. The lowest BCUT2D eigenvalue weighted by molar-refractivity contribution is -0.111. The Hall–Kier alpha value is -3.47. The molecule has 26 heavy (non-hydrogen) atoms. The van der Waals surface area contributed by atoms with Gasteiger partial charge in [-0.1, -0.05) is 30.3 Å². The van der Waals surface area contributed by atoms with Crippen LogP contribution >= 0.6 is 0 Å².